The molecule has 0 atom stereocenters. The second-order valence-corrected chi connectivity index (χ2v) is 5.08. The number of hydrogen-bond acceptors (Lipinski definition) is 4. The van der Waals surface area contributed by atoms with Crippen molar-refractivity contribution in [2.45, 2.75) is 19.4 Å². The van der Waals surface area contributed by atoms with E-state index in [0.29, 0.717) is 0 Å². The Kier molecular flexibility index (Phi) is 4.35. The van der Waals surface area contributed by atoms with Gasteiger partial charge < -0.3 is 10.2 Å². The zero-order valence-electron chi connectivity index (χ0n) is 11.9. The summed E-state index contributed by atoms with van der Waals surface area (Å²) in [5.74, 6) is 2.21. The average molecular weight is 275 g/mol. The van der Waals surface area contributed by atoms with Crippen LogP contribution in [0.4, 0.5) is 11.4 Å². The van der Waals surface area contributed by atoms with Gasteiger partial charge in [0.2, 0.25) is 0 Å². The molecule has 0 aromatic heterocycles. The largest absolute Gasteiger partial charge is 0.364 e. The highest BCUT2D eigenvalue weighted by Gasteiger charge is 2.22. The fourth-order valence-corrected chi connectivity index (χ4v) is 1.55. The third kappa shape index (κ3) is 3.48. The van der Waals surface area contributed by atoms with Crippen molar-refractivity contribution in [3.8, 4) is 12.3 Å². The summed E-state index contributed by atoms with van der Waals surface area (Å²) in [5.41, 5.74) is -0.363. The van der Waals surface area contributed by atoms with Crippen LogP contribution in [0, 0.1) is 22.5 Å². The first-order chi connectivity index (χ1) is 9.18. The van der Waals surface area contributed by atoms with Crippen LogP contribution in [0.1, 0.15) is 24.2 Å². The van der Waals surface area contributed by atoms with Crippen LogP contribution < -0.4 is 5.32 Å². The fraction of sp³-hybridized carbons (Fsp3) is 0.357. The first kappa shape index (κ1) is 15.5. The van der Waals surface area contributed by atoms with E-state index in [0.717, 1.165) is 0 Å². The van der Waals surface area contributed by atoms with E-state index < -0.39 is 10.5 Å². The maximum Gasteiger partial charge on any atom is 0.293 e. The minimum atomic E-state index is -0.724. The van der Waals surface area contributed by atoms with Crippen LogP contribution in [-0.2, 0) is 0 Å². The third-order valence-corrected chi connectivity index (χ3v) is 2.66. The molecule has 20 heavy (non-hydrogen) atoms. The van der Waals surface area contributed by atoms with Gasteiger partial charge in [-0.15, -0.1) is 6.42 Å². The van der Waals surface area contributed by atoms with Crippen molar-refractivity contribution in [1.29, 1.82) is 0 Å². The Morgan fingerprint density at radius 3 is 2.50 bits per heavy atom. The summed E-state index contributed by atoms with van der Waals surface area (Å²) in [6.45, 7) is 3.46. The molecule has 0 aliphatic rings. The van der Waals surface area contributed by atoms with E-state index in [4.69, 9.17) is 6.42 Å². The minimum Gasteiger partial charge on any atom is -0.364 e. The Balaban J connectivity index is 3.26. The third-order valence-electron chi connectivity index (χ3n) is 2.66. The summed E-state index contributed by atoms with van der Waals surface area (Å²) >= 11 is 0. The highest BCUT2D eigenvalue weighted by Crippen LogP contribution is 2.28. The van der Waals surface area contributed by atoms with Gasteiger partial charge in [-0.2, -0.15) is 0 Å². The summed E-state index contributed by atoms with van der Waals surface area (Å²) in [4.78, 5) is 23.8. The zero-order chi connectivity index (χ0) is 15.5. The fourth-order valence-electron chi connectivity index (χ4n) is 1.55. The molecule has 0 unspecified atom stereocenters. The van der Waals surface area contributed by atoms with Crippen molar-refractivity contribution < 1.29 is 9.72 Å². The lowest BCUT2D eigenvalue weighted by atomic mass is 10.1. The van der Waals surface area contributed by atoms with E-state index in [9.17, 15) is 14.9 Å². The molecule has 1 N–H and O–H groups in total. The molecule has 1 amide bonds. The standard InChI is InChI=1S/C14H17N3O3/c1-6-14(2,3)15-11-8-7-10(13(18)16(4)5)9-12(11)17(19)20/h1,7-9,15H,2-5H3. The maximum atomic E-state index is 11.8. The van der Waals surface area contributed by atoms with Gasteiger partial charge in [0.15, 0.2) is 0 Å². The van der Waals surface area contributed by atoms with Gasteiger partial charge in [0.05, 0.1) is 10.5 Å². The van der Waals surface area contributed by atoms with Crippen molar-refractivity contribution in [2.24, 2.45) is 0 Å². The number of benzene rings is 1. The summed E-state index contributed by atoms with van der Waals surface area (Å²) in [6, 6.07) is 4.27. The molecule has 1 aromatic rings. The van der Waals surface area contributed by atoms with Gasteiger partial charge in [-0.3, -0.25) is 14.9 Å². The van der Waals surface area contributed by atoms with E-state index >= 15 is 0 Å². The van der Waals surface area contributed by atoms with Gasteiger partial charge >= 0.3 is 0 Å². The molecule has 0 fully saturated rings. The molecule has 1 rings (SSSR count). The number of terminal acetylenes is 1. The number of nitrogens with zero attached hydrogens (tertiary/aromatic N) is 2. The lowest BCUT2D eigenvalue weighted by Gasteiger charge is -2.21. The molecule has 0 saturated heterocycles. The molecule has 0 bridgehead atoms. The van der Waals surface area contributed by atoms with Crippen molar-refractivity contribution in [3.63, 3.8) is 0 Å². The Hall–Kier alpha value is -2.55. The Morgan fingerprint density at radius 1 is 1.45 bits per heavy atom. The lowest BCUT2D eigenvalue weighted by molar-refractivity contribution is -0.384. The minimum absolute atomic E-state index is 0.180. The van der Waals surface area contributed by atoms with Gasteiger partial charge in [-0.05, 0) is 26.0 Å². The lowest BCUT2D eigenvalue weighted by Crippen LogP contribution is -2.29. The number of carbonyl (C=O) groups is 1. The first-order valence-corrected chi connectivity index (χ1v) is 5.94. The molecular weight excluding hydrogens is 258 g/mol. The van der Waals surface area contributed by atoms with Crippen LogP contribution in [0.15, 0.2) is 18.2 Å². The van der Waals surface area contributed by atoms with Gasteiger partial charge in [0.1, 0.15) is 5.69 Å². The quantitative estimate of drug-likeness (QED) is 0.519. The molecule has 0 saturated carbocycles. The molecule has 0 aliphatic heterocycles. The summed E-state index contributed by atoms with van der Waals surface area (Å²) in [7, 11) is 3.17. The smallest absolute Gasteiger partial charge is 0.293 e. The monoisotopic (exact) mass is 275 g/mol. The molecule has 106 valence electrons. The molecule has 0 aliphatic carbocycles. The molecule has 0 spiro atoms. The molecule has 0 radical (unpaired) electrons. The van der Waals surface area contributed by atoms with Crippen LogP contribution in [0.3, 0.4) is 0 Å². The molecule has 1 aromatic carbocycles. The summed E-state index contributed by atoms with van der Waals surface area (Å²) < 4.78 is 0. The predicted molar refractivity (Wildman–Crippen MR) is 77.6 cm³/mol. The van der Waals surface area contributed by atoms with E-state index in [1.165, 1.54) is 23.1 Å². The van der Waals surface area contributed by atoms with E-state index in [-0.39, 0.29) is 22.8 Å². The number of nitro groups is 1. The SMILES string of the molecule is C#CC(C)(C)Nc1ccc(C(=O)N(C)C)cc1[N+](=O)[O-]. The number of nitro benzene ring substituents is 1. The predicted octanol–water partition coefficient (Wildman–Crippen LogP) is 2.12. The van der Waals surface area contributed by atoms with Gasteiger partial charge in [-0.25, -0.2) is 0 Å². The molecule has 0 heterocycles. The number of anilines is 1. The number of amides is 1. The summed E-state index contributed by atoms with van der Waals surface area (Å²) in [5, 5.41) is 14.0. The van der Waals surface area contributed by atoms with E-state index in [1.54, 1.807) is 27.9 Å². The maximum absolute atomic E-state index is 11.8. The van der Waals surface area contributed by atoms with Crippen molar-refractivity contribution in [2.75, 3.05) is 19.4 Å². The highest BCUT2D eigenvalue weighted by atomic mass is 16.6. The van der Waals surface area contributed by atoms with Gasteiger partial charge in [0, 0.05) is 25.7 Å². The number of carbonyl (C=O) groups excluding carboxylic acids is 1. The van der Waals surface area contributed by atoms with Crippen molar-refractivity contribution in [1.82, 2.24) is 4.90 Å². The Bertz CT molecular complexity index is 586. The van der Waals surface area contributed by atoms with Crippen LogP contribution >= 0.6 is 0 Å². The highest BCUT2D eigenvalue weighted by molar-refractivity contribution is 5.95. The van der Waals surface area contributed by atoms with E-state index in [2.05, 4.69) is 11.2 Å². The van der Waals surface area contributed by atoms with Gasteiger partial charge in [0.25, 0.3) is 11.6 Å². The number of nitrogens with one attached hydrogen (secondary N) is 1. The average Bonchev–Trinajstić information content (AvgIpc) is 2.37. The van der Waals surface area contributed by atoms with Crippen LogP contribution in [0.2, 0.25) is 0 Å². The molecule has 6 nitrogen and oxygen atoms in total. The van der Waals surface area contributed by atoms with E-state index in [1.807, 2.05) is 0 Å². The second kappa shape index (κ2) is 5.61. The van der Waals surface area contributed by atoms with Crippen LogP contribution in [-0.4, -0.2) is 35.4 Å². The Labute approximate surface area is 117 Å². The number of rotatable bonds is 4. The van der Waals surface area contributed by atoms with Crippen molar-refractivity contribution in [3.05, 3.63) is 33.9 Å². The second-order valence-electron chi connectivity index (χ2n) is 5.08. The molecule has 6 heteroatoms. The van der Waals surface area contributed by atoms with Crippen LogP contribution in [0.5, 0.6) is 0 Å². The summed E-state index contributed by atoms with van der Waals surface area (Å²) in [6.07, 6.45) is 5.36. The van der Waals surface area contributed by atoms with Gasteiger partial charge in [-0.1, -0.05) is 5.92 Å². The molecular formula is C14H17N3O3. The normalized spacial score (nSPS) is 10.6. The Morgan fingerprint density at radius 2 is 2.05 bits per heavy atom. The van der Waals surface area contributed by atoms with Crippen LogP contribution in [0.25, 0.3) is 0 Å². The number of hydrogen-bond donors (Lipinski definition) is 1. The van der Waals surface area contributed by atoms with Crippen molar-refractivity contribution >= 4 is 17.3 Å². The zero-order valence-corrected chi connectivity index (χ0v) is 11.9. The topological polar surface area (TPSA) is 75.5 Å². The first-order valence-electron chi connectivity index (χ1n) is 5.94.